The van der Waals surface area contributed by atoms with Gasteiger partial charge in [0.05, 0.1) is 18.8 Å². The fourth-order valence-corrected chi connectivity index (χ4v) is 2.25. The van der Waals surface area contributed by atoms with Crippen LogP contribution in [0.4, 0.5) is 0 Å². The summed E-state index contributed by atoms with van der Waals surface area (Å²) in [6.45, 7) is 12.6. The first-order chi connectivity index (χ1) is 9.92. The quantitative estimate of drug-likeness (QED) is 0.706. The molecule has 1 N–H and O–H groups in total. The lowest BCUT2D eigenvalue weighted by atomic mass is 10.1. The minimum atomic E-state index is -0.501. The molecular formula is C17H26ClNO2. The van der Waals surface area contributed by atoms with Crippen molar-refractivity contribution in [2.45, 2.75) is 33.0 Å². The van der Waals surface area contributed by atoms with Crippen LogP contribution in [0, 0.1) is 0 Å². The SMILES string of the molecule is C=C(C)CN(CC)C[C@@H](O)CO[C@H](C)c1ccc(Cl)cc1. The van der Waals surface area contributed by atoms with Crippen molar-refractivity contribution in [1.82, 2.24) is 4.90 Å². The van der Waals surface area contributed by atoms with Crippen LogP contribution in [-0.4, -0.2) is 42.4 Å². The topological polar surface area (TPSA) is 32.7 Å². The summed E-state index contributed by atoms with van der Waals surface area (Å²) in [7, 11) is 0. The van der Waals surface area contributed by atoms with Gasteiger partial charge in [-0.1, -0.05) is 42.8 Å². The Morgan fingerprint density at radius 3 is 2.52 bits per heavy atom. The van der Waals surface area contributed by atoms with Gasteiger partial charge in [-0.25, -0.2) is 0 Å². The minimum absolute atomic E-state index is 0.0619. The molecule has 0 aromatic heterocycles. The van der Waals surface area contributed by atoms with Crippen LogP contribution in [0.3, 0.4) is 0 Å². The molecule has 0 fully saturated rings. The maximum Gasteiger partial charge on any atom is 0.0900 e. The number of nitrogens with zero attached hydrogens (tertiary/aromatic N) is 1. The Kier molecular flexibility index (Phi) is 7.97. The van der Waals surface area contributed by atoms with Gasteiger partial charge in [0, 0.05) is 18.1 Å². The molecule has 0 aliphatic heterocycles. The summed E-state index contributed by atoms with van der Waals surface area (Å²) < 4.78 is 5.74. The van der Waals surface area contributed by atoms with Crippen molar-refractivity contribution in [1.29, 1.82) is 0 Å². The lowest BCUT2D eigenvalue weighted by molar-refractivity contribution is -0.0142. The number of aliphatic hydroxyl groups excluding tert-OH is 1. The van der Waals surface area contributed by atoms with E-state index in [1.165, 1.54) is 0 Å². The first-order valence-electron chi connectivity index (χ1n) is 7.34. The van der Waals surface area contributed by atoms with Gasteiger partial charge < -0.3 is 9.84 Å². The average molecular weight is 312 g/mol. The van der Waals surface area contributed by atoms with Gasteiger partial charge in [-0.3, -0.25) is 4.90 Å². The highest BCUT2D eigenvalue weighted by Crippen LogP contribution is 2.19. The molecule has 118 valence electrons. The normalized spacial score (nSPS) is 14.2. The van der Waals surface area contributed by atoms with E-state index in [1.54, 1.807) is 0 Å². The Morgan fingerprint density at radius 1 is 1.38 bits per heavy atom. The van der Waals surface area contributed by atoms with Crippen LogP contribution >= 0.6 is 11.6 Å². The van der Waals surface area contributed by atoms with Crippen LogP contribution < -0.4 is 0 Å². The Bertz CT molecular complexity index is 433. The van der Waals surface area contributed by atoms with Gasteiger partial charge in [0.1, 0.15) is 0 Å². The van der Waals surface area contributed by atoms with E-state index in [2.05, 4.69) is 18.4 Å². The van der Waals surface area contributed by atoms with Crippen LogP contribution in [-0.2, 0) is 4.74 Å². The Morgan fingerprint density at radius 2 is 2.00 bits per heavy atom. The molecule has 3 nitrogen and oxygen atoms in total. The van der Waals surface area contributed by atoms with Crippen molar-refractivity contribution in [2.24, 2.45) is 0 Å². The molecule has 0 aliphatic rings. The molecule has 1 aromatic carbocycles. The zero-order chi connectivity index (χ0) is 15.8. The summed E-state index contributed by atoms with van der Waals surface area (Å²) >= 11 is 5.87. The molecule has 0 spiro atoms. The number of benzene rings is 1. The molecule has 0 saturated carbocycles. The number of hydrogen-bond donors (Lipinski definition) is 1. The van der Waals surface area contributed by atoms with Crippen molar-refractivity contribution in [3.05, 3.63) is 47.0 Å². The zero-order valence-electron chi connectivity index (χ0n) is 13.2. The summed E-state index contributed by atoms with van der Waals surface area (Å²) in [6.07, 6.45) is -0.563. The van der Waals surface area contributed by atoms with E-state index >= 15 is 0 Å². The first kappa shape index (κ1) is 18.2. The fourth-order valence-electron chi connectivity index (χ4n) is 2.12. The summed E-state index contributed by atoms with van der Waals surface area (Å²) in [5.74, 6) is 0. The Balaban J connectivity index is 2.39. The molecule has 21 heavy (non-hydrogen) atoms. The molecule has 4 heteroatoms. The number of likely N-dealkylation sites (N-methyl/N-ethyl adjacent to an activating group) is 1. The van der Waals surface area contributed by atoms with E-state index < -0.39 is 6.10 Å². The van der Waals surface area contributed by atoms with Crippen LogP contribution in [0.15, 0.2) is 36.4 Å². The highest BCUT2D eigenvalue weighted by Gasteiger charge is 2.13. The van der Waals surface area contributed by atoms with Crippen LogP contribution in [0.1, 0.15) is 32.4 Å². The van der Waals surface area contributed by atoms with E-state index in [4.69, 9.17) is 16.3 Å². The Hall–Kier alpha value is -0.870. The van der Waals surface area contributed by atoms with Gasteiger partial charge in [-0.05, 0) is 38.1 Å². The first-order valence-corrected chi connectivity index (χ1v) is 7.72. The third kappa shape index (κ3) is 7.09. The summed E-state index contributed by atoms with van der Waals surface area (Å²) in [5.41, 5.74) is 2.15. The van der Waals surface area contributed by atoms with E-state index in [0.717, 1.165) is 24.2 Å². The Labute approximate surface area is 133 Å². The van der Waals surface area contributed by atoms with Gasteiger partial charge in [0.15, 0.2) is 0 Å². The smallest absolute Gasteiger partial charge is 0.0900 e. The summed E-state index contributed by atoms with van der Waals surface area (Å²) in [4.78, 5) is 2.16. The maximum atomic E-state index is 10.1. The highest BCUT2D eigenvalue weighted by atomic mass is 35.5. The second kappa shape index (κ2) is 9.21. The summed E-state index contributed by atoms with van der Waals surface area (Å²) in [5, 5.41) is 10.8. The van der Waals surface area contributed by atoms with Gasteiger partial charge in [-0.15, -0.1) is 0 Å². The van der Waals surface area contributed by atoms with Crippen LogP contribution in [0.5, 0.6) is 0 Å². The molecule has 0 unspecified atom stereocenters. The lowest BCUT2D eigenvalue weighted by Gasteiger charge is -2.24. The molecular weight excluding hydrogens is 286 g/mol. The predicted molar refractivity (Wildman–Crippen MR) is 88.8 cm³/mol. The third-order valence-electron chi connectivity index (χ3n) is 3.29. The lowest BCUT2D eigenvalue weighted by Crippen LogP contribution is -2.36. The molecule has 2 atom stereocenters. The fraction of sp³-hybridized carbons (Fsp3) is 0.529. The standard InChI is InChI=1S/C17H26ClNO2/c1-5-19(10-13(2)3)11-17(20)12-21-14(4)15-6-8-16(18)9-7-15/h6-9,14,17,20H,2,5,10-12H2,1,3-4H3/t14-,17-/m1/s1. The number of halogens is 1. The number of hydrogen-bond acceptors (Lipinski definition) is 3. The average Bonchev–Trinajstić information content (AvgIpc) is 2.44. The van der Waals surface area contributed by atoms with Crippen LogP contribution in [0.25, 0.3) is 0 Å². The van der Waals surface area contributed by atoms with Gasteiger partial charge in [0.2, 0.25) is 0 Å². The second-order valence-corrected chi connectivity index (χ2v) is 5.90. The second-order valence-electron chi connectivity index (χ2n) is 5.47. The highest BCUT2D eigenvalue weighted by molar-refractivity contribution is 6.30. The predicted octanol–water partition coefficient (Wildman–Crippen LogP) is 3.68. The molecule has 0 heterocycles. The minimum Gasteiger partial charge on any atom is -0.389 e. The third-order valence-corrected chi connectivity index (χ3v) is 3.54. The summed E-state index contributed by atoms with van der Waals surface area (Å²) in [6, 6.07) is 7.58. The van der Waals surface area contributed by atoms with Crippen LogP contribution in [0.2, 0.25) is 5.02 Å². The molecule has 0 amide bonds. The molecule has 1 aromatic rings. The zero-order valence-corrected chi connectivity index (χ0v) is 13.9. The van der Waals surface area contributed by atoms with Crippen molar-refractivity contribution in [2.75, 3.05) is 26.2 Å². The molecule has 0 aliphatic carbocycles. The maximum absolute atomic E-state index is 10.1. The van der Waals surface area contributed by atoms with Crippen molar-refractivity contribution in [3.8, 4) is 0 Å². The van der Waals surface area contributed by atoms with Crippen molar-refractivity contribution >= 4 is 11.6 Å². The van der Waals surface area contributed by atoms with Gasteiger partial charge in [0.25, 0.3) is 0 Å². The van der Waals surface area contributed by atoms with E-state index in [0.29, 0.717) is 18.2 Å². The molecule has 0 radical (unpaired) electrons. The molecule has 0 saturated heterocycles. The van der Waals surface area contributed by atoms with Crippen molar-refractivity contribution < 1.29 is 9.84 Å². The molecule has 1 rings (SSSR count). The molecule has 0 bridgehead atoms. The van der Waals surface area contributed by atoms with E-state index in [1.807, 2.05) is 38.1 Å². The van der Waals surface area contributed by atoms with E-state index in [9.17, 15) is 5.11 Å². The number of ether oxygens (including phenoxy) is 1. The van der Waals surface area contributed by atoms with Crippen molar-refractivity contribution in [3.63, 3.8) is 0 Å². The van der Waals surface area contributed by atoms with E-state index in [-0.39, 0.29) is 6.10 Å². The van der Waals surface area contributed by atoms with Gasteiger partial charge in [-0.2, -0.15) is 0 Å². The number of rotatable bonds is 9. The largest absolute Gasteiger partial charge is 0.389 e. The van der Waals surface area contributed by atoms with Gasteiger partial charge >= 0.3 is 0 Å². The monoisotopic (exact) mass is 311 g/mol. The number of aliphatic hydroxyl groups is 1.